The number of anilines is 1. The van der Waals surface area contributed by atoms with Gasteiger partial charge in [-0.05, 0) is 48.5 Å². The van der Waals surface area contributed by atoms with Crippen LogP contribution in [-0.2, 0) is 9.84 Å². The summed E-state index contributed by atoms with van der Waals surface area (Å²) in [7, 11) is -3.39. The van der Waals surface area contributed by atoms with Crippen molar-refractivity contribution in [2.45, 2.75) is 4.90 Å². The number of sulfone groups is 1. The van der Waals surface area contributed by atoms with Gasteiger partial charge in [-0.25, -0.2) is 13.4 Å². The van der Waals surface area contributed by atoms with Crippen LogP contribution in [0.3, 0.4) is 0 Å². The first-order chi connectivity index (χ1) is 13.4. The van der Waals surface area contributed by atoms with E-state index in [-0.39, 0.29) is 10.5 Å². The van der Waals surface area contributed by atoms with E-state index in [1.807, 2.05) is 30.3 Å². The van der Waals surface area contributed by atoms with Gasteiger partial charge in [0.1, 0.15) is 5.52 Å². The molecule has 7 heteroatoms. The van der Waals surface area contributed by atoms with Crippen LogP contribution in [0.1, 0.15) is 10.4 Å². The minimum Gasteiger partial charge on any atom is -0.436 e. The van der Waals surface area contributed by atoms with E-state index < -0.39 is 15.7 Å². The largest absolute Gasteiger partial charge is 0.436 e. The number of hydrogen-bond donors (Lipinski definition) is 1. The maximum absolute atomic E-state index is 12.5. The van der Waals surface area contributed by atoms with Crippen molar-refractivity contribution >= 4 is 32.5 Å². The third-order valence-electron chi connectivity index (χ3n) is 4.19. The van der Waals surface area contributed by atoms with Gasteiger partial charge in [0.05, 0.1) is 4.90 Å². The predicted octanol–water partition coefficient (Wildman–Crippen LogP) is 4.15. The highest BCUT2D eigenvalue weighted by atomic mass is 32.2. The van der Waals surface area contributed by atoms with Crippen LogP contribution in [0.4, 0.5) is 5.69 Å². The monoisotopic (exact) mass is 392 g/mol. The highest BCUT2D eigenvalue weighted by Gasteiger charge is 2.13. The standard InChI is InChI=1S/C21H16N2O4S/c1-28(25,26)17-9-5-6-14(13-17)20(24)22-16-8-4-7-15(12-16)21-23-18-10-2-3-11-19(18)27-21/h2-13H,1H3,(H,22,24). The van der Waals surface area contributed by atoms with E-state index in [2.05, 4.69) is 10.3 Å². The normalized spacial score (nSPS) is 11.5. The van der Waals surface area contributed by atoms with Crippen molar-refractivity contribution in [3.8, 4) is 11.5 Å². The Hall–Kier alpha value is -3.45. The third kappa shape index (κ3) is 3.65. The summed E-state index contributed by atoms with van der Waals surface area (Å²) >= 11 is 0. The number of nitrogens with zero attached hydrogens (tertiary/aromatic N) is 1. The minimum atomic E-state index is -3.39. The molecule has 0 saturated carbocycles. The number of hydrogen-bond acceptors (Lipinski definition) is 5. The maximum Gasteiger partial charge on any atom is 0.255 e. The van der Waals surface area contributed by atoms with Gasteiger partial charge in [-0.3, -0.25) is 4.79 Å². The van der Waals surface area contributed by atoms with Crippen molar-refractivity contribution in [3.05, 3.63) is 78.4 Å². The molecule has 0 saturated heterocycles. The molecule has 0 aliphatic heterocycles. The Kier molecular flexibility index (Phi) is 4.44. The van der Waals surface area contributed by atoms with Crippen molar-refractivity contribution in [2.75, 3.05) is 11.6 Å². The first kappa shape index (κ1) is 17.9. The number of aromatic nitrogens is 1. The molecule has 0 unspecified atom stereocenters. The Bertz CT molecular complexity index is 1260. The molecule has 4 rings (SSSR count). The van der Waals surface area contributed by atoms with E-state index >= 15 is 0 Å². The average Bonchev–Trinajstić information content (AvgIpc) is 3.12. The molecule has 0 radical (unpaired) electrons. The lowest BCUT2D eigenvalue weighted by molar-refractivity contribution is 0.102. The van der Waals surface area contributed by atoms with Crippen LogP contribution < -0.4 is 5.32 Å². The summed E-state index contributed by atoms with van der Waals surface area (Å²) < 4.78 is 29.1. The van der Waals surface area contributed by atoms with Crippen LogP contribution in [0.2, 0.25) is 0 Å². The molecule has 0 fully saturated rings. The molecule has 140 valence electrons. The van der Waals surface area contributed by atoms with Gasteiger partial charge in [-0.1, -0.05) is 24.3 Å². The third-order valence-corrected chi connectivity index (χ3v) is 5.30. The molecule has 1 heterocycles. The molecule has 6 nitrogen and oxygen atoms in total. The second-order valence-electron chi connectivity index (χ2n) is 6.32. The maximum atomic E-state index is 12.5. The van der Waals surface area contributed by atoms with Crippen molar-refractivity contribution < 1.29 is 17.6 Å². The zero-order valence-corrected chi connectivity index (χ0v) is 15.7. The highest BCUT2D eigenvalue weighted by molar-refractivity contribution is 7.90. The van der Waals surface area contributed by atoms with Gasteiger partial charge in [0.2, 0.25) is 5.89 Å². The van der Waals surface area contributed by atoms with Gasteiger partial charge in [-0.2, -0.15) is 0 Å². The SMILES string of the molecule is CS(=O)(=O)c1cccc(C(=O)Nc2cccc(-c3nc4ccccc4o3)c2)c1. The fourth-order valence-corrected chi connectivity index (χ4v) is 3.46. The number of carbonyl (C=O) groups is 1. The Labute approximate surface area is 161 Å². The summed E-state index contributed by atoms with van der Waals surface area (Å²) in [6.07, 6.45) is 1.10. The fraction of sp³-hybridized carbons (Fsp3) is 0.0476. The lowest BCUT2D eigenvalue weighted by atomic mass is 10.1. The molecule has 1 N–H and O–H groups in total. The van der Waals surface area contributed by atoms with Crippen LogP contribution in [0.5, 0.6) is 0 Å². The lowest BCUT2D eigenvalue weighted by Crippen LogP contribution is -2.12. The number of amides is 1. The van der Waals surface area contributed by atoms with E-state index in [1.165, 1.54) is 12.1 Å². The highest BCUT2D eigenvalue weighted by Crippen LogP contribution is 2.26. The molecule has 0 aliphatic carbocycles. The molecule has 0 bridgehead atoms. The molecule has 1 aromatic heterocycles. The van der Waals surface area contributed by atoms with Crippen LogP contribution in [-0.4, -0.2) is 25.6 Å². The van der Waals surface area contributed by atoms with Gasteiger partial charge in [0, 0.05) is 23.1 Å². The summed E-state index contributed by atoms with van der Waals surface area (Å²) in [4.78, 5) is 17.1. The molecular formula is C21H16N2O4S. The number of carbonyl (C=O) groups excluding carboxylic acids is 1. The van der Waals surface area contributed by atoms with Gasteiger partial charge in [0.15, 0.2) is 15.4 Å². The van der Waals surface area contributed by atoms with Crippen molar-refractivity contribution in [2.24, 2.45) is 0 Å². The number of fused-ring (bicyclic) bond motifs is 1. The van der Waals surface area contributed by atoms with Crippen molar-refractivity contribution in [1.29, 1.82) is 0 Å². The number of benzene rings is 3. The number of nitrogens with one attached hydrogen (secondary N) is 1. The van der Waals surface area contributed by atoms with Crippen LogP contribution in [0, 0.1) is 0 Å². The van der Waals surface area contributed by atoms with Crippen molar-refractivity contribution in [1.82, 2.24) is 4.98 Å². The summed E-state index contributed by atoms with van der Waals surface area (Å²) in [5.74, 6) is 0.0524. The molecule has 4 aromatic rings. The smallest absolute Gasteiger partial charge is 0.255 e. The van der Waals surface area contributed by atoms with Crippen molar-refractivity contribution in [3.63, 3.8) is 0 Å². The van der Waals surface area contributed by atoms with Gasteiger partial charge in [-0.15, -0.1) is 0 Å². The number of para-hydroxylation sites is 2. The first-order valence-electron chi connectivity index (χ1n) is 8.48. The van der Waals surface area contributed by atoms with Gasteiger partial charge in [0.25, 0.3) is 5.91 Å². The zero-order chi connectivity index (χ0) is 19.7. The second kappa shape index (κ2) is 6.94. The van der Waals surface area contributed by atoms with E-state index in [1.54, 1.807) is 30.3 Å². The molecule has 28 heavy (non-hydrogen) atoms. The lowest BCUT2D eigenvalue weighted by Gasteiger charge is -2.07. The van der Waals surface area contributed by atoms with Crippen LogP contribution in [0.15, 0.2) is 82.1 Å². The van der Waals surface area contributed by atoms with Crippen LogP contribution in [0.25, 0.3) is 22.6 Å². The topological polar surface area (TPSA) is 89.3 Å². The van der Waals surface area contributed by atoms with E-state index in [4.69, 9.17) is 4.42 Å². The summed E-state index contributed by atoms with van der Waals surface area (Å²) in [5.41, 5.74) is 2.97. The Balaban J connectivity index is 1.61. The average molecular weight is 392 g/mol. The molecule has 3 aromatic carbocycles. The van der Waals surface area contributed by atoms with Gasteiger partial charge < -0.3 is 9.73 Å². The Morgan fingerprint density at radius 1 is 0.964 bits per heavy atom. The summed E-state index contributed by atoms with van der Waals surface area (Å²) in [6.45, 7) is 0. The van der Waals surface area contributed by atoms with E-state index in [9.17, 15) is 13.2 Å². The minimum absolute atomic E-state index is 0.0976. The number of rotatable bonds is 4. The summed E-state index contributed by atoms with van der Waals surface area (Å²) in [5, 5.41) is 2.78. The van der Waals surface area contributed by atoms with E-state index in [0.29, 0.717) is 17.2 Å². The summed E-state index contributed by atoms with van der Waals surface area (Å²) in [6, 6.07) is 20.5. The molecular weight excluding hydrogens is 376 g/mol. The molecule has 0 spiro atoms. The molecule has 1 amide bonds. The molecule has 0 atom stereocenters. The zero-order valence-electron chi connectivity index (χ0n) is 14.9. The quantitative estimate of drug-likeness (QED) is 0.563. The Morgan fingerprint density at radius 3 is 2.54 bits per heavy atom. The van der Waals surface area contributed by atoms with E-state index in [0.717, 1.165) is 17.3 Å². The predicted molar refractivity (Wildman–Crippen MR) is 107 cm³/mol. The van der Waals surface area contributed by atoms with Crippen LogP contribution >= 0.6 is 0 Å². The molecule has 0 aliphatic rings. The Morgan fingerprint density at radius 2 is 1.75 bits per heavy atom. The first-order valence-corrected chi connectivity index (χ1v) is 10.4. The number of oxazole rings is 1. The van der Waals surface area contributed by atoms with Gasteiger partial charge >= 0.3 is 0 Å². The second-order valence-corrected chi connectivity index (χ2v) is 8.34. The fourth-order valence-electron chi connectivity index (χ4n) is 2.80.